The number of benzene rings is 1. The number of aromatic nitrogens is 3. The maximum Gasteiger partial charge on any atom is 0.272 e. The fourth-order valence-corrected chi connectivity index (χ4v) is 3.63. The van der Waals surface area contributed by atoms with Crippen molar-refractivity contribution >= 4 is 17.3 Å². The van der Waals surface area contributed by atoms with Crippen LogP contribution in [0, 0.1) is 10.1 Å². The highest BCUT2D eigenvalue weighted by molar-refractivity contribution is 5.93. The Kier molecular flexibility index (Phi) is 4.79. The molecule has 9 nitrogen and oxygen atoms in total. The number of non-ortho nitro benzene ring substituents is 1. The molecule has 0 spiro atoms. The minimum atomic E-state index is -0.405. The summed E-state index contributed by atoms with van der Waals surface area (Å²) in [6.07, 6.45) is 1.95. The van der Waals surface area contributed by atoms with Crippen molar-refractivity contribution in [1.29, 1.82) is 0 Å². The Bertz CT molecular complexity index is 1040. The predicted molar refractivity (Wildman–Crippen MR) is 109 cm³/mol. The first kappa shape index (κ1) is 18.7. The average molecular weight is 394 g/mol. The van der Waals surface area contributed by atoms with E-state index in [0.717, 1.165) is 17.1 Å². The van der Waals surface area contributed by atoms with Gasteiger partial charge in [-0.1, -0.05) is 0 Å². The van der Waals surface area contributed by atoms with Gasteiger partial charge in [-0.15, -0.1) is 0 Å². The number of rotatable bonds is 4. The van der Waals surface area contributed by atoms with Crippen molar-refractivity contribution in [1.82, 2.24) is 19.2 Å². The van der Waals surface area contributed by atoms with Crippen molar-refractivity contribution in [3.63, 3.8) is 0 Å². The number of amides is 1. The monoisotopic (exact) mass is 394 g/mol. The van der Waals surface area contributed by atoms with Crippen molar-refractivity contribution in [2.75, 3.05) is 31.1 Å². The topological polar surface area (TPSA) is 89.4 Å². The zero-order chi connectivity index (χ0) is 20.5. The zero-order valence-electron chi connectivity index (χ0n) is 16.4. The Hall–Kier alpha value is -3.62. The molecule has 4 rings (SSSR count). The minimum absolute atomic E-state index is 0.0381. The van der Waals surface area contributed by atoms with Crippen LogP contribution in [0.25, 0.3) is 11.4 Å². The van der Waals surface area contributed by atoms with E-state index in [9.17, 15) is 14.9 Å². The summed E-state index contributed by atoms with van der Waals surface area (Å²) in [6, 6.07) is 12.3. The molecule has 0 radical (unpaired) electrons. The van der Waals surface area contributed by atoms with E-state index < -0.39 is 4.92 Å². The Morgan fingerprint density at radius 2 is 1.76 bits per heavy atom. The van der Waals surface area contributed by atoms with Crippen LogP contribution < -0.4 is 4.90 Å². The lowest BCUT2D eigenvalue weighted by molar-refractivity contribution is -0.384. The molecule has 0 saturated carbocycles. The van der Waals surface area contributed by atoms with Crippen LogP contribution >= 0.6 is 0 Å². The number of nitro benzene ring substituents is 1. The molecule has 0 N–H and O–H groups in total. The van der Waals surface area contributed by atoms with Gasteiger partial charge in [0.2, 0.25) is 0 Å². The second kappa shape index (κ2) is 7.42. The van der Waals surface area contributed by atoms with Crippen LogP contribution in [0.2, 0.25) is 0 Å². The first-order chi connectivity index (χ1) is 13.9. The van der Waals surface area contributed by atoms with Crippen LogP contribution in [0.1, 0.15) is 10.5 Å². The molecule has 150 valence electrons. The highest BCUT2D eigenvalue weighted by Gasteiger charge is 2.25. The summed E-state index contributed by atoms with van der Waals surface area (Å²) >= 11 is 0. The smallest absolute Gasteiger partial charge is 0.272 e. The van der Waals surface area contributed by atoms with E-state index in [4.69, 9.17) is 0 Å². The van der Waals surface area contributed by atoms with E-state index in [-0.39, 0.29) is 11.6 Å². The van der Waals surface area contributed by atoms with Gasteiger partial charge in [-0.05, 0) is 30.3 Å². The van der Waals surface area contributed by atoms with Crippen LogP contribution in [0.3, 0.4) is 0 Å². The number of hydrogen-bond acceptors (Lipinski definition) is 5. The number of nitro groups is 1. The third kappa shape index (κ3) is 3.58. The van der Waals surface area contributed by atoms with E-state index >= 15 is 0 Å². The molecule has 1 saturated heterocycles. The maximum absolute atomic E-state index is 13.0. The fourth-order valence-electron chi connectivity index (χ4n) is 3.63. The largest absolute Gasteiger partial charge is 0.368 e. The first-order valence-electron chi connectivity index (χ1n) is 9.38. The van der Waals surface area contributed by atoms with E-state index in [0.29, 0.717) is 31.9 Å². The van der Waals surface area contributed by atoms with Crippen LogP contribution in [-0.2, 0) is 14.1 Å². The lowest BCUT2D eigenvalue weighted by Gasteiger charge is -2.36. The summed E-state index contributed by atoms with van der Waals surface area (Å²) in [7, 11) is 3.73. The van der Waals surface area contributed by atoms with E-state index in [1.54, 1.807) is 23.9 Å². The summed E-state index contributed by atoms with van der Waals surface area (Å²) in [6.45, 7) is 2.51. The quantitative estimate of drug-likeness (QED) is 0.500. The van der Waals surface area contributed by atoms with Gasteiger partial charge in [0.05, 0.1) is 10.6 Å². The average Bonchev–Trinajstić information content (AvgIpc) is 3.33. The Balaban J connectivity index is 1.43. The molecule has 1 aliphatic heterocycles. The van der Waals surface area contributed by atoms with Gasteiger partial charge >= 0.3 is 0 Å². The molecule has 9 heteroatoms. The van der Waals surface area contributed by atoms with Crippen LogP contribution in [0.4, 0.5) is 11.4 Å². The molecular formula is C20H22N6O3. The van der Waals surface area contributed by atoms with E-state index in [1.165, 1.54) is 12.1 Å². The fraction of sp³-hybridized carbons (Fsp3) is 0.300. The van der Waals surface area contributed by atoms with Crippen LogP contribution in [-0.4, -0.2) is 56.3 Å². The Morgan fingerprint density at radius 3 is 2.34 bits per heavy atom. The maximum atomic E-state index is 13.0. The molecule has 1 amide bonds. The molecule has 29 heavy (non-hydrogen) atoms. The number of carbonyl (C=O) groups is 1. The van der Waals surface area contributed by atoms with Gasteiger partial charge in [0.15, 0.2) is 0 Å². The van der Waals surface area contributed by atoms with Gasteiger partial charge in [-0.3, -0.25) is 19.6 Å². The summed E-state index contributed by atoms with van der Waals surface area (Å²) in [5, 5.41) is 15.3. The molecule has 3 aromatic rings. The van der Waals surface area contributed by atoms with E-state index in [1.807, 2.05) is 40.9 Å². The molecule has 2 aromatic heterocycles. The molecule has 0 atom stereocenters. The van der Waals surface area contributed by atoms with Crippen molar-refractivity contribution in [2.24, 2.45) is 14.1 Å². The van der Waals surface area contributed by atoms with Crippen molar-refractivity contribution in [2.45, 2.75) is 0 Å². The van der Waals surface area contributed by atoms with Gasteiger partial charge in [0.1, 0.15) is 11.4 Å². The molecule has 0 unspecified atom stereocenters. The second-order valence-electron chi connectivity index (χ2n) is 7.10. The van der Waals surface area contributed by atoms with Crippen LogP contribution in [0.5, 0.6) is 0 Å². The van der Waals surface area contributed by atoms with E-state index in [2.05, 4.69) is 10.00 Å². The summed E-state index contributed by atoms with van der Waals surface area (Å²) in [4.78, 5) is 27.4. The number of nitrogens with zero attached hydrogens (tertiary/aromatic N) is 6. The highest BCUT2D eigenvalue weighted by Crippen LogP contribution is 2.23. The summed E-state index contributed by atoms with van der Waals surface area (Å²) in [5.74, 6) is -0.0381. The molecule has 1 fully saturated rings. The van der Waals surface area contributed by atoms with Crippen LogP contribution in [0.15, 0.2) is 48.7 Å². The number of anilines is 1. The van der Waals surface area contributed by atoms with Crippen molar-refractivity contribution in [3.8, 4) is 11.4 Å². The lowest BCUT2D eigenvalue weighted by atomic mass is 10.2. The molecule has 3 heterocycles. The summed E-state index contributed by atoms with van der Waals surface area (Å²) in [5.41, 5.74) is 3.29. The molecule has 1 aromatic carbocycles. The summed E-state index contributed by atoms with van der Waals surface area (Å²) < 4.78 is 3.60. The van der Waals surface area contributed by atoms with Gasteiger partial charge in [-0.2, -0.15) is 5.10 Å². The zero-order valence-corrected chi connectivity index (χ0v) is 16.4. The lowest BCUT2D eigenvalue weighted by Crippen LogP contribution is -2.49. The second-order valence-corrected chi connectivity index (χ2v) is 7.10. The minimum Gasteiger partial charge on any atom is -0.368 e. The molecule has 0 aliphatic carbocycles. The number of piperazine rings is 1. The molecule has 0 bridgehead atoms. The third-order valence-electron chi connectivity index (χ3n) is 5.30. The first-order valence-corrected chi connectivity index (χ1v) is 9.38. The Labute approximate surface area is 167 Å². The number of carbonyl (C=O) groups excluding carboxylic acids is 1. The normalized spacial score (nSPS) is 14.3. The predicted octanol–water partition coefficient (Wildman–Crippen LogP) is 2.30. The number of hydrogen-bond donors (Lipinski definition) is 0. The van der Waals surface area contributed by atoms with Gasteiger partial charge in [-0.25, -0.2) is 0 Å². The van der Waals surface area contributed by atoms with Gasteiger partial charge < -0.3 is 14.4 Å². The number of aryl methyl sites for hydroxylation is 2. The van der Waals surface area contributed by atoms with Gasteiger partial charge in [0, 0.05) is 64.3 Å². The standard InChI is InChI=1S/C20H22N6O3/c1-22-9-3-4-18(22)17-14-19(23(2)21-17)20(27)25-12-10-24(11-13-25)15-5-7-16(8-6-15)26(28)29/h3-9,14H,10-13H2,1-2H3. The van der Waals surface area contributed by atoms with Crippen molar-refractivity contribution in [3.05, 3.63) is 64.5 Å². The molecule has 1 aliphatic rings. The van der Waals surface area contributed by atoms with Gasteiger partial charge in [0.25, 0.3) is 11.6 Å². The SMILES string of the molecule is Cn1cccc1-c1cc(C(=O)N2CCN(c3ccc([N+](=O)[O-])cc3)CC2)n(C)n1. The molecular weight excluding hydrogens is 372 g/mol. The van der Waals surface area contributed by atoms with Crippen molar-refractivity contribution < 1.29 is 9.72 Å². The highest BCUT2D eigenvalue weighted by atomic mass is 16.6. The Morgan fingerprint density at radius 1 is 1.07 bits per heavy atom. The third-order valence-corrected chi connectivity index (χ3v) is 5.30.